The second kappa shape index (κ2) is 10.8. The molecular formula is C22H27ClN2O5S. The molecule has 9 heteroatoms. The van der Waals surface area contributed by atoms with Gasteiger partial charge in [0.2, 0.25) is 10.0 Å². The Balaban J connectivity index is 1.59. The first-order valence-electron chi connectivity index (χ1n) is 10.4. The summed E-state index contributed by atoms with van der Waals surface area (Å²) in [5, 5.41) is 2.85. The maximum Gasteiger partial charge on any atom is 0.262 e. The summed E-state index contributed by atoms with van der Waals surface area (Å²) in [6, 6.07) is 11.3. The lowest BCUT2D eigenvalue weighted by Gasteiger charge is -2.22. The van der Waals surface area contributed by atoms with Crippen molar-refractivity contribution in [3.63, 3.8) is 0 Å². The van der Waals surface area contributed by atoms with Gasteiger partial charge in [0.15, 0.2) is 6.61 Å². The SMILES string of the molecule is CCOc1ccccc1NC(=O)COc1ccc(S(=O)(=O)NC2CCCCC2)cc1Cl. The fourth-order valence-corrected chi connectivity index (χ4v) is 5.09. The fraction of sp³-hybridized carbons (Fsp3) is 0.409. The van der Waals surface area contributed by atoms with Gasteiger partial charge in [-0.25, -0.2) is 13.1 Å². The number of hydrogen-bond acceptors (Lipinski definition) is 5. The second-order valence-electron chi connectivity index (χ2n) is 7.31. The average molecular weight is 467 g/mol. The van der Waals surface area contributed by atoms with Crippen LogP contribution in [0, 0.1) is 0 Å². The number of carbonyl (C=O) groups is 1. The van der Waals surface area contributed by atoms with E-state index in [0.29, 0.717) is 18.0 Å². The highest BCUT2D eigenvalue weighted by molar-refractivity contribution is 7.89. The number of hydrogen-bond donors (Lipinski definition) is 2. The molecule has 0 bridgehead atoms. The first-order valence-corrected chi connectivity index (χ1v) is 12.2. The van der Waals surface area contributed by atoms with Crippen molar-refractivity contribution in [2.45, 2.75) is 50.0 Å². The molecule has 168 valence electrons. The lowest BCUT2D eigenvalue weighted by molar-refractivity contribution is -0.118. The zero-order valence-electron chi connectivity index (χ0n) is 17.4. The highest BCUT2D eigenvalue weighted by Crippen LogP contribution is 2.29. The van der Waals surface area contributed by atoms with Crippen molar-refractivity contribution in [1.82, 2.24) is 4.72 Å². The van der Waals surface area contributed by atoms with Crippen LogP contribution in [0.15, 0.2) is 47.4 Å². The first kappa shape index (κ1) is 23.4. The molecule has 0 saturated heterocycles. The van der Waals surface area contributed by atoms with Gasteiger partial charge in [0.1, 0.15) is 11.5 Å². The monoisotopic (exact) mass is 466 g/mol. The van der Waals surface area contributed by atoms with E-state index in [-0.39, 0.29) is 34.2 Å². The van der Waals surface area contributed by atoms with Gasteiger partial charge < -0.3 is 14.8 Å². The van der Waals surface area contributed by atoms with Crippen LogP contribution in [0.3, 0.4) is 0 Å². The maximum absolute atomic E-state index is 12.6. The molecule has 31 heavy (non-hydrogen) atoms. The zero-order chi connectivity index (χ0) is 22.3. The van der Waals surface area contributed by atoms with Gasteiger partial charge in [-0.3, -0.25) is 4.79 Å². The molecule has 0 atom stereocenters. The molecule has 1 aliphatic rings. The molecule has 0 radical (unpaired) electrons. The number of para-hydroxylation sites is 2. The lowest BCUT2D eigenvalue weighted by atomic mass is 9.96. The van der Waals surface area contributed by atoms with Gasteiger partial charge in [-0.1, -0.05) is 43.0 Å². The van der Waals surface area contributed by atoms with E-state index in [0.717, 1.165) is 32.1 Å². The summed E-state index contributed by atoms with van der Waals surface area (Å²) in [6.45, 7) is 2.05. The minimum atomic E-state index is -3.66. The van der Waals surface area contributed by atoms with Gasteiger partial charge in [0.25, 0.3) is 5.91 Å². The zero-order valence-corrected chi connectivity index (χ0v) is 19.0. The van der Waals surface area contributed by atoms with Crippen molar-refractivity contribution >= 4 is 33.2 Å². The van der Waals surface area contributed by atoms with Crippen LogP contribution in [0.1, 0.15) is 39.0 Å². The van der Waals surface area contributed by atoms with Gasteiger partial charge >= 0.3 is 0 Å². The Kier molecular flexibility index (Phi) is 8.17. The van der Waals surface area contributed by atoms with Gasteiger partial charge in [0.05, 0.1) is 22.2 Å². The molecule has 1 amide bonds. The average Bonchev–Trinajstić information content (AvgIpc) is 2.75. The number of ether oxygens (including phenoxy) is 2. The lowest BCUT2D eigenvalue weighted by Crippen LogP contribution is -2.36. The van der Waals surface area contributed by atoms with Gasteiger partial charge in [0, 0.05) is 6.04 Å². The van der Waals surface area contributed by atoms with Crippen LogP contribution in [0.25, 0.3) is 0 Å². The van der Waals surface area contributed by atoms with Crippen molar-refractivity contribution in [3.8, 4) is 11.5 Å². The van der Waals surface area contributed by atoms with Crippen LogP contribution < -0.4 is 19.5 Å². The summed E-state index contributed by atoms with van der Waals surface area (Å²) in [6.07, 6.45) is 4.88. The van der Waals surface area contributed by atoms with Gasteiger partial charge in [-0.15, -0.1) is 0 Å². The van der Waals surface area contributed by atoms with Crippen LogP contribution in [0.4, 0.5) is 5.69 Å². The maximum atomic E-state index is 12.6. The minimum absolute atomic E-state index is 0.0447. The Labute approximate surface area is 188 Å². The quantitative estimate of drug-likeness (QED) is 0.572. The molecule has 2 aromatic carbocycles. The smallest absolute Gasteiger partial charge is 0.262 e. The number of nitrogens with one attached hydrogen (secondary N) is 2. The summed E-state index contributed by atoms with van der Waals surface area (Å²) >= 11 is 6.22. The van der Waals surface area contributed by atoms with Crippen LogP contribution in [0.2, 0.25) is 5.02 Å². The Morgan fingerprint density at radius 3 is 2.52 bits per heavy atom. The van der Waals surface area contributed by atoms with E-state index in [4.69, 9.17) is 21.1 Å². The molecule has 0 aromatic heterocycles. The van der Waals surface area contributed by atoms with Crippen molar-refractivity contribution in [3.05, 3.63) is 47.5 Å². The molecule has 1 saturated carbocycles. The Morgan fingerprint density at radius 1 is 1.06 bits per heavy atom. The highest BCUT2D eigenvalue weighted by Gasteiger charge is 2.22. The van der Waals surface area contributed by atoms with Crippen LogP contribution >= 0.6 is 11.6 Å². The Morgan fingerprint density at radius 2 is 1.81 bits per heavy atom. The van der Waals surface area contributed by atoms with E-state index in [1.165, 1.54) is 18.2 Å². The summed E-state index contributed by atoms with van der Waals surface area (Å²) in [5.74, 6) is 0.404. The Bertz CT molecular complexity index is 1010. The number of anilines is 1. The minimum Gasteiger partial charge on any atom is -0.492 e. The molecule has 7 nitrogen and oxygen atoms in total. The van der Waals surface area contributed by atoms with E-state index in [9.17, 15) is 13.2 Å². The number of halogens is 1. The molecule has 0 heterocycles. The molecule has 0 aliphatic heterocycles. The van der Waals surface area contributed by atoms with E-state index in [1.807, 2.05) is 13.0 Å². The summed E-state index contributed by atoms with van der Waals surface area (Å²) in [5.41, 5.74) is 0.541. The summed E-state index contributed by atoms with van der Waals surface area (Å²) < 4.78 is 39.0. The molecular weight excluding hydrogens is 440 g/mol. The number of rotatable bonds is 9. The largest absolute Gasteiger partial charge is 0.492 e. The predicted octanol–water partition coefficient (Wildman–Crippen LogP) is 4.37. The second-order valence-corrected chi connectivity index (χ2v) is 9.44. The first-order chi connectivity index (χ1) is 14.9. The molecule has 3 rings (SSSR count). The van der Waals surface area contributed by atoms with Crippen molar-refractivity contribution < 1.29 is 22.7 Å². The number of amides is 1. The molecule has 0 unspecified atom stereocenters. The van der Waals surface area contributed by atoms with Crippen molar-refractivity contribution in [2.75, 3.05) is 18.5 Å². The fourth-order valence-electron chi connectivity index (χ4n) is 3.45. The van der Waals surface area contributed by atoms with Crippen molar-refractivity contribution in [2.24, 2.45) is 0 Å². The number of sulfonamides is 1. The van der Waals surface area contributed by atoms with E-state index >= 15 is 0 Å². The third-order valence-corrected chi connectivity index (χ3v) is 6.77. The molecule has 1 aliphatic carbocycles. The van der Waals surface area contributed by atoms with Gasteiger partial charge in [-0.05, 0) is 50.1 Å². The standard InChI is InChI=1S/C22H27ClN2O5S/c1-2-29-21-11-7-6-10-19(21)24-22(26)15-30-20-13-12-17(14-18(20)23)31(27,28)25-16-8-4-3-5-9-16/h6-7,10-14,16,25H,2-5,8-9,15H2,1H3,(H,24,26). The molecule has 2 N–H and O–H groups in total. The topological polar surface area (TPSA) is 93.7 Å². The number of carbonyl (C=O) groups excluding carboxylic acids is 1. The van der Waals surface area contributed by atoms with E-state index in [2.05, 4.69) is 10.0 Å². The highest BCUT2D eigenvalue weighted by atomic mass is 35.5. The molecule has 1 fully saturated rings. The van der Waals surface area contributed by atoms with Crippen LogP contribution in [0.5, 0.6) is 11.5 Å². The van der Waals surface area contributed by atoms with E-state index < -0.39 is 10.0 Å². The Hall–Kier alpha value is -2.29. The normalized spacial score (nSPS) is 14.8. The summed E-state index contributed by atoms with van der Waals surface area (Å²) in [7, 11) is -3.66. The van der Waals surface area contributed by atoms with E-state index in [1.54, 1.807) is 18.2 Å². The molecule has 2 aromatic rings. The van der Waals surface area contributed by atoms with Crippen LogP contribution in [-0.2, 0) is 14.8 Å². The van der Waals surface area contributed by atoms with Crippen LogP contribution in [-0.4, -0.2) is 33.6 Å². The third kappa shape index (κ3) is 6.59. The summed E-state index contributed by atoms with van der Waals surface area (Å²) in [4.78, 5) is 12.3. The third-order valence-electron chi connectivity index (χ3n) is 4.96. The number of benzene rings is 2. The van der Waals surface area contributed by atoms with Crippen molar-refractivity contribution in [1.29, 1.82) is 0 Å². The van der Waals surface area contributed by atoms with Gasteiger partial charge in [-0.2, -0.15) is 0 Å². The predicted molar refractivity (Wildman–Crippen MR) is 120 cm³/mol. The molecule has 0 spiro atoms.